The van der Waals surface area contributed by atoms with Crippen LogP contribution in [0.15, 0.2) is 18.2 Å². The van der Waals surface area contributed by atoms with Gasteiger partial charge in [-0.15, -0.1) is 0 Å². The molecule has 0 spiro atoms. The molecular formula is C12H16N2O2. The van der Waals surface area contributed by atoms with Crippen LogP contribution >= 0.6 is 0 Å². The number of nitrogens with zero attached hydrogens (tertiary/aromatic N) is 2. The molecule has 0 saturated heterocycles. The first-order chi connectivity index (χ1) is 7.59. The Bertz CT molecular complexity index is 415. The van der Waals surface area contributed by atoms with Gasteiger partial charge in [0, 0.05) is 32.9 Å². The summed E-state index contributed by atoms with van der Waals surface area (Å²) in [7, 11) is 4.03. The number of amides is 1. The Balaban J connectivity index is 2.34. The highest BCUT2D eigenvalue weighted by Crippen LogP contribution is 2.27. The standard InChI is InChI=1S/C12H16N2O2/c1-13(2)11-5-3-4-9-8-14(12(15)16)7-6-10(9)11/h3-5H,6-8H2,1-2H3,(H,15,16). The quantitative estimate of drug-likeness (QED) is 0.784. The Morgan fingerprint density at radius 3 is 2.81 bits per heavy atom. The maximum Gasteiger partial charge on any atom is 0.407 e. The van der Waals surface area contributed by atoms with E-state index in [1.54, 1.807) is 0 Å². The lowest BCUT2D eigenvalue weighted by Gasteiger charge is -2.29. The van der Waals surface area contributed by atoms with Gasteiger partial charge in [-0.05, 0) is 23.6 Å². The fourth-order valence-electron chi connectivity index (χ4n) is 2.17. The summed E-state index contributed by atoms with van der Waals surface area (Å²) >= 11 is 0. The van der Waals surface area contributed by atoms with Crippen LogP contribution in [-0.4, -0.2) is 36.7 Å². The molecule has 0 aliphatic carbocycles. The van der Waals surface area contributed by atoms with Gasteiger partial charge in [0.2, 0.25) is 0 Å². The molecule has 0 aromatic heterocycles. The molecule has 1 N–H and O–H groups in total. The molecule has 1 aromatic rings. The first-order valence-corrected chi connectivity index (χ1v) is 5.35. The fraction of sp³-hybridized carbons (Fsp3) is 0.417. The van der Waals surface area contributed by atoms with Crippen molar-refractivity contribution in [2.24, 2.45) is 0 Å². The molecule has 1 aliphatic heterocycles. The monoisotopic (exact) mass is 220 g/mol. The van der Waals surface area contributed by atoms with Crippen molar-refractivity contribution in [3.05, 3.63) is 29.3 Å². The zero-order valence-electron chi connectivity index (χ0n) is 9.60. The summed E-state index contributed by atoms with van der Waals surface area (Å²) in [5.74, 6) is 0. The molecule has 0 radical (unpaired) electrons. The van der Waals surface area contributed by atoms with Crippen molar-refractivity contribution in [1.29, 1.82) is 0 Å². The average Bonchev–Trinajstić information content (AvgIpc) is 2.27. The molecule has 0 unspecified atom stereocenters. The van der Waals surface area contributed by atoms with E-state index in [1.165, 1.54) is 16.2 Å². The average molecular weight is 220 g/mol. The van der Waals surface area contributed by atoms with E-state index in [9.17, 15) is 4.79 Å². The lowest BCUT2D eigenvalue weighted by molar-refractivity contribution is 0.140. The summed E-state index contributed by atoms with van der Waals surface area (Å²) in [5.41, 5.74) is 3.60. The van der Waals surface area contributed by atoms with Gasteiger partial charge in [-0.25, -0.2) is 4.79 Å². The van der Waals surface area contributed by atoms with Crippen LogP contribution in [0.3, 0.4) is 0 Å². The molecule has 0 atom stereocenters. The second-order valence-electron chi connectivity index (χ2n) is 4.26. The predicted octanol–water partition coefficient (Wildman–Crippen LogP) is 1.79. The number of hydrogen-bond acceptors (Lipinski definition) is 2. The van der Waals surface area contributed by atoms with Crippen molar-refractivity contribution in [2.45, 2.75) is 13.0 Å². The summed E-state index contributed by atoms with van der Waals surface area (Å²) in [4.78, 5) is 14.4. The van der Waals surface area contributed by atoms with Gasteiger partial charge in [0.25, 0.3) is 0 Å². The van der Waals surface area contributed by atoms with Crippen molar-refractivity contribution in [2.75, 3.05) is 25.5 Å². The summed E-state index contributed by atoms with van der Waals surface area (Å²) in [5, 5.41) is 8.96. The van der Waals surface area contributed by atoms with Crippen molar-refractivity contribution < 1.29 is 9.90 Å². The van der Waals surface area contributed by atoms with Gasteiger partial charge in [-0.1, -0.05) is 12.1 Å². The Labute approximate surface area is 95.1 Å². The number of hydrogen-bond donors (Lipinski definition) is 1. The van der Waals surface area contributed by atoms with Gasteiger partial charge < -0.3 is 14.9 Å². The number of carboxylic acid groups (broad SMARTS) is 1. The third-order valence-corrected chi connectivity index (χ3v) is 2.99. The number of rotatable bonds is 1. The Hall–Kier alpha value is -1.71. The maximum absolute atomic E-state index is 10.9. The minimum Gasteiger partial charge on any atom is -0.465 e. The van der Waals surface area contributed by atoms with Crippen molar-refractivity contribution >= 4 is 11.8 Å². The van der Waals surface area contributed by atoms with Gasteiger partial charge in [0.1, 0.15) is 0 Å². The molecule has 0 saturated carbocycles. The van der Waals surface area contributed by atoms with Crippen LogP contribution in [0, 0.1) is 0 Å². The number of benzene rings is 1. The highest BCUT2D eigenvalue weighted by molar-refractivity contribution is 5.67. The van der Waals surface area contributed by atoms with E-state index in [0.717, 1.165) is 12.0 Å². The molecule has 0 bridgehead atoms. The highest BCUT2D eigenvalue weighted by atomic mass is 16.4. The van der Waals surface area contributed by atoms with E-state index in [0.29, 0.717) is 13.1 Å². The lowest BCUT2D eigenvalue weighted by Crippen LogP contribution is -2.35. The third-order valence-electron chi connectivity index (χ3n) is 2.99. The van der Waals surface area contributed by atoms with Gasteiger partial charge >= 0.3 is 6.09 Å². The smallest absolute Gasteiger partial charge is 0.407 e. The largest absolute Gasteiger partial charge is 0.465 e. The zero-order chi connectivity index (χ0) is 11.7. The van der Waals surface area contributed by atoms with Crippen molar-refractivity contribution in [1.82, 2.24) is 4.90 Å². The summed E-state index contributed by atoms with van der Waals surface area (Å²) < 4.78 is 0. The van der Waals surface area contributed by atoms with Crippen LogP contribution in [0.1, 0.15) is 11.1 Å². The van der Waals surface area contributed by atoms with Gasteiger partial charge in [-0.3, -0.25) is 0 Å². The summed E-state index contributed by atoms with van der Waals surface area (Å²) in [6, 6.07) is 6.08. The van der Waals surface area contributed by atoms with E-state index in [2.05, 4.69) is 11.0 Å². The van der Waals surface area contributed by atoms with Crippen LogP contribution < -0.4 is 4.90 Å². The second-order valence-corrected chi connectivity index (χ2v) is 4.26. The third kappa shape index (κ3) is 1.83. The molecular weight excluding hydrogens is 204 g/mol. The van der Waals surface area contributed by atoms with E-state index in [-0.39, 0.29) is 0 Å². The molecule has 1 aromatic carbocycles. The van der Waals surface area contributed by atoms with E-state index < -0.39 is 6.09 Å². The van der Waals surface area contributed by atoms with Crippen LogP contribution in [-0.2, 0) is 13.0 Å². The Morgan fingerprint density at radius 2 is 2.19 bits per heavy atom. The molecule has 4 nitrogen and oxygen atoms in total. The molecule has 86 valence electrons. The van der Waals surface area contributed by atoms with E-state index >= 15 is 0 Å². The molecule has 16 heavy (non-hydrogen) atoms. The number of anilines is 1. The molecule has 4 heteroatoms. The van der Waals surface area contributed by atoms with Gasteiger partial charge in [-0.2, -0.15) is 0 Å². The van der Waals surface area contributed by atoms with Crippen LogP contribution in [0.2, 0.25) is 0 Å². The highest BCUT2D eigenvalue weighted by Gasteiger charge is 2.21. The fourth-order valence-corrected chi connectivity index (χ4v) is 2.17. The van der Waals surface area contributed by atoms with Gasteiger partial charge in [0.05, 0.1) is 0 Å². The minimum absolute atomic E-state index is 0.506. The minimum atomic E-state index is -0.832. The normalized spacial score (nSPS) is 14.5. The van der Waals surface area contributed by atoms with Gasteiger partial charge in [0.15, 0.2) is 0 Å². The lowest BCUT2D eigenvalue weighted by atomic mass is 9.97. The SMILES string of the molecule is CN(C)c1cccc2c1CCN(C(=O)O)C2. The Morgan fingerprint density at radius 1 is 1.44 bits per heavy atom. The van der Waals surface area contributed by atoms with Crippen LogP contribution in [0.4, 0.5) is 10.5 Å². The molecule has 0 fully saturated rings. The first kappa shape index (κ1) is 10.8. The second kappa shape index (κ2) is 4.04. The molecule has 2 rings (SSSR count). The molecule has 1 heterocycles. The Kier molecular flexibility index (Phi) is 2.73. The van der Waals surface area contributed by atoms with E-state index in [1.807, 2.05) is 26.2 Å². The van der Waals surface area contributed by atoms with Crippen molar-refractivity contribution in [3.63, 3.8) is 0 Å². The maximum atomic E-state index is 10.9. The topological polar surface area (TPSA) is 43.8 Å². The summed E-state index contributed by atoms with van der Waals surface area (Å²) in [6.45, 7) is 1.10. The molecule has 1 aliphatic rings. The van der Waals surface area contributed by atoms with Crippen LogP contribution in [0.25, 0.3) is 0 Å². The number of fused-ring (bicyclic) bond motifs is 1. The summed E-state index contributed by atoms with van der Waals surface area (Å²) in [6.07, 6.45) is -0.0309. The van der Waals surface area contributed by atoms with Crippen molar-refractivity contribution in [3.8, 4) is 0 Å². The zero-order valence-corrected chi connectivity index (χ0v) is 9.60. The predicted molar refractivity (Wildman–Crippen MR) is 62.9 cm³/mol. The van der Waals surface area contributed by atoms with E-state index in [4.69, 9.17) is 5.11 Å². The molecule has 1 amide bonds. The first-order valence-electron chi connectivity index (χ1n) is 5.35. The van der Waals surface area contributed by atoms with Crippen LogP contribution in [0.5, 0.6) is 0 Å². The number of carbonyl (C=O) groups is 1.